The van der Waals surface area contributed by atoms with Gasteiger partial charge in [0, 0.05) is 11.6 Å². The van der Waals surface area contributed by atoms with E-state index in [4.69, 9.17) is 13.9 Å². The lowest BCUT2D eigenvalue weighted by molar-refractivity contribution is 0.0971. The molecule has 1 aliphatic rings. The number of nitrogens with zero attached hydrogens (tertiary/aromatic N) is 2. The maximum atomic E-state index is 13.8. The third-order valence-corrected chi connectivity index (χ3v) is 7.18. The van der Waals surface area contributed by atoms with Crippen LogP contribution in [0.15, 0.2) is 57.2 Å². The minimum Gasteiger partial charge on any atom is -0.493 e. The third kappa shape index (κ3) is 4.26. The molecule has 3 heterocycles. The average molecular weight is 505 g/mol. The molecular formula is C28H28N2O5S. The minimum atomic E-state index is -0.702. The van der Waals surface area contributed by atoms with Gasteiger partial charge in [-0.25, -0.2) is 4.98 Å². The average Bonchev–Trinajstić information content (AvgIpc) is 3.51. The summed E-state index contributed by atoms with van der Waals surface area (Å²) in [4.78, 5) is 33.3. The zero-order chi connectivity index (χ0) is 25.2. The molecule has 2 aromatic heterocycles. The number of unbranched alkanes of at least 4 members (excludes halogenated alkanes) is 3. The van der Waals surface area contributed by atoms with Crippen molar-refractivity contribution in [3.63, 3.8) is 0 Å². The number of rotatable bonds is 9. The number of carbonyl (C=O) groups is 1. The molecular weight excluding hydrogens is 476 g/mol. The monoisotopic (exact) mass is 504 g/mol. The summed E-state index contributed by atoms with van der Waals surface area (Å²) in [6.07, 6.45) is 6.06. The minimum absolute atomic E-state index is 0.0479. The number of carbonyl (C=O) groups excluding carboxylic acids is 1. The lowest BCUT2D eigenvalue weighted by Crippen LogP contribution is -2.29. The van der Waals surface area contributed by atoms with E-state index in [1.807, 2.05) is 31.2 Å². The normalized spacial score (nSPS) is 14.9. The molecule has 1 amide bonds. The number of anilines is 1. The van der Waals surface area contributed by atoms with E-state index in [-0.39, 0.29) is 17.1 Å². The molecule has 0 fully saturated rings. The second-order valence-electron chi connectivity index (χ2n) is 8.89. The van der Waals surface area contributed by atoms with Gasteiger partial charge in [0.25, 0.3) is 5.91 Å². The van der Waals surface area contributed by atoms with Crippen LogP contribution in [0.2, 0.25) is 0 Å². The van der Waals surface area contributed by atoms with Crippen LogP contribution in [0.1, 0.15) is 65.9 Å². The van der Waals surface area contributed by atoms with Crippen LogP contribution in [0, 0.1) is 6.92 Å². The van der Waals surface area contributed by atoms with Crippen LogP contribution < -0.4 is 19.8 Å². The zero-order valence-electron chi connectivity index (χ0n) is 20.6. The molecule has 5 rings (SSSR count). The SMILES string of the molecule is CCCCCCOc1ccc(C2c3c(oc4ccc(C)cc4c3=O)C(=O)N2c2nccs2)cc1OC. The van der Waals surface area contributed by atoms with Crippen molar-refractivity contribution >= 4 is 33.3 Å². The van der Waals surface area contributed by atoms with Crippen molar-refractivity contribution < 1.29 is 18.7 Å². The maximum absolute atomic E-state index is 13.8. The van der Waals surface area contributed by atoms with Gasteiger partial charge in [-0.15, -0.1) is 11.3 Å². The molecule has 1 unspecified atom stereocenters. The Morgan fingerprint density at radius 1 is 1.08 bits per heavy atom. The Bertz CT molecular complexity index is 1460. The summed E-state index contributed by atoms with van der Waals surface area (Å²) >= 11 is 1.33. The van der Waals surface area contributed by atoms with Gasteiger partial charge in [0.15, 0.2) is 22.1 Å². The Hall–Kier alpha value is -3.65. The molecule has 0 N–H and O–H groups in total. The van der Waals surface area contributed by atoms with Gasteiger partial charge in [-0.3, -0.25) is 14.5 Å². The van der Waals surface area contributed by atoms with Crippen LogP contribution in [0.25, 0.3) is 11.0 Å². The van der Waals surface area contributed by atoms with E-state index >= 15 is 0 Å². The van der Waals surface area contributed by atoms with Crippen LogP contribution in [0.4, 0.5) is 5.13 Å². The van der Waals surface area contributed by atoms with Gasteiger partial charge in [-0.1, -0.05) is 43.9 Å². The highest BCUT2D eigenvalue weighted by Gasteiger charge is 2.45. The molecule has 8 heteroatoms. The van der Waals surface area contributed by atoms with Crippen molar-refractivity contribution in [2.24, 2.45) is 0 Å². The van der Waals surface area contributed by atoms with Crippen molar-refractivity contribution in [3.05, 3.63) is 80.6 Å². The van der Waals surface area contributed by atoms with E-state index in [0.717, 1.165) is 24.8 Å². The Morgan fingerprint density at radius 2 is 1.94 bits per heavy atom. The van der Waals surface area contributed by atoms with Crippen LogP contribution in [-0.2, 0) is 0 Å². The van der Waals surface area contributed by atoms with E-state index in [1.54, 1.807) is 30.8 Å². The molecule has 36 heavy (non-hydrogen) atoms. The molecule has 0 spiro atoms. The van der Waals surface area contributed by atoms with Gasteiger partial charge in [-0.05, 0) is 43.2 Å². The van der Waals surface area contributed by atoms with E-state index in [0.29, 0.717) is 45.3 Å². The fraction of sp³-hybridized carbons (Fsp3) is 0.321. The standard InChI is InChI=1S/C28H28N2O5S/c1-4-5-6-7-13-34-21-11-9-18(16-22(21)33-3)24-23-25(31)19-15-17(2)8-10-20(19)35-26(23)27(32)30(24)28-29-12-14-36-28/h8-12,14-16,24H,4-7,13H2,1-3H3. The van der Waals surface area contributed by atoms with Crippen LogP contribution in [-0.4, -0.2) is 24.6 Å². The highest BCUT2D eigenvalue weighted by Crippen LogP contribution is 2.43. The Kier molecular flexibility index (Phi) is 6.78. The number of aryl methyl sites for hydroxylation is 1. The molecule has 2 aromatic carbocycles. The molecule has 0 saturated carbocycles. The van der Waals surface area contributed by atoms with E-state index in [1.165, 1.54) is 22.7 Å². The molecule has 0 saturated heterocycles. The number of benzene rings is 2. The molecule has 4 aromatic rings. The molecule has 0 aliphatic carbocycles. The number of amides is 1. The van der Waals surface area contributed by atoms with Gasteiger partial charge < -0.3 is 13.9 Å². The smallest absolute Gasteiger partial charge is 0.297 e. The van der Waals surface area contributed by atoms with E-state index < -0.39 is 6.04 Å². The summed E-state index contributed by atoms with van der Waals surface area (Å²) in [6, 6.07) is 10.2. The summed E-state index contributed by atoms with van der Waals surface area (Å²) in [7, 11) is 1.58. The van der Waals surface area contributed by atoms with E-state index in [9.17, 15) is 9.59 Å². The van der Waals surface area contributed by atoms with Crippen molar-refractivity contribution in [1.29, 1.82) is 0 Å². The summed E-state index contributed by atoms with van der Waals surface area (Å²) in [6.45, 7) is 4.69. The van der Waals surface area contributed by atoms with Gasteiger partial charge in [0.05, 0.1) is 30.7 Å². The highest BCUT2D eigenvalue weighted by molar-refractivity contribution is 7.13. The molecule has 0 radical (unpaired) electrons. The van der Waals surface area contributed by atoms with Gasteiger partial charge in [0.1, 0.15) is 5.58 Å². The Labute approximate surface area is 213 Å². The number of aromatic nitrogens is 1. The fourth-order valence-corrected chi connectivity index (χ4v) is 5.29. The number of ether oxygens (including phenoxy) is 2. The lowest BCUT2D eigenvalue weighted by atomic mass is 9.98. The molecule has 7 nitrogen and oxygen atoms in total. The number of hydrogen-bond acceptors (Lipinski definition) is 7. The first-order chi connectivity index (χ1) is 17.5. The van der Waals surface area contributed by atoms with Gasteiger partial charge in [-0.2, -0.15) is 0 Å². The summed E-state index contributed by atoms with van der Waals surface area (Å²) in [5.41, 5.74) is 2.13. The lowest BCUT2D eigenvalue weighted by Gasteiger charge is -2.23. The predicted octanol–water partition coefficient (Wildman–Crippen LogP) is 6.28. The largest absolute Gasteiger partial charge is 0.493 e. The van der Waals surface area contributed by atoms with Gasteiger partial charge in [0.2, 0.25) is 5.76 Å². The topological polar surface area (TPSA) is 81.9 Å². The number of hydrogen-bond donors (Lipinski definition) is 0. The highest BCUT2D eigenvalue weighted by atomic mass is 32.1. The molecule has 1 atom stereocenters. The second kappa shape index (κ2) is 10.1. The van der Waals surface area contributed by atoms with Crippen molar-refractivity contribution in [2.45, 2.75) is 45.6 Å². The first-order valence-electron chi connectivity index (χ1n) is 12.1. The summed E-state index contributed by atoms with van der Waals surface area (Å²) in [5, 5.41) is 2.74. The Balaban J connectivity index is 1.60. The van der Waals surface area contributed by atoms with Crippen molar-refractivity contribution in [3.8, 4) is 11.5 Å². The first kappa shape index (κ1) is 24.1. The molecule has 186 valence electrons. The molecule has 1 aliphatic heterocycles. The Morgan fingerprint density at radius 3 is 2.69 bits per heavy atom. The zero-order valence-corrected chi connectivity index (χ0v) is 21.4. The number of fused-ring (bicyclic) bond motifs is 2. The van der Waals surface area contributed by atoms with Crippen molar-refractivity contribution in [2.75, 3.05) is 18.6 Å². The maximum Gasteiger partial charge on any atom is 0.297 e. The fourth-order valence-electron chi connectivity index (χ4n) is 4.62. The van der Waals surface area contributed by atoms with Crippen molar-refractivity contribution in [1.82, 2.24) is 4.98 Å². The quantitative estimate of drug-likeness (QED) is 0.250. The summed E-state index contributed by atoms with van der Waals surface area (Å²) < 4.78 is 17.6. The summed E-state index contributed by atoms with van der Waals surface area (Å²) in [5.74, 6) is 0.833. The van der Waals surface area contributed by atoms with E-state index in [2.05, 4.69) is 11.9 Å². The second-order valence-corrected chi connectivity index (χ2v) is 9.76. The predicted molar refractivity (Wildman–Crippen MR) is 141 cm³/mol. The third-order valence-electron chi connectivity index (χ3n) is 6.41. The van der Waals surface area contributed by atoms with Gasteiger partial charge >= 0.3 is 0 Å². The molecule has 0 bridgehead atoms. The van der Waals surface area contributed by atoms with Crippen LogP contribution in [0.3, 0.4) is 0 Å². The van der Waals surface area contributed by atoms with Crippen LogP contribution in [0.5, 0.6) is 11.5 Å². The number of thiazole rings is 1. The van der Waals surface area contributed by atoms with Crippen LogP contribution >= 0.6 is 11.3 Å². The number of methoxy groups -OCH3 is 1. The first-order valence-corrected chi connectivity index (χ1v) is 13.0.